The van der Waals surface area contributed by atoms with Crippen LogP contribution < -0.4 is 16.2 Å². The molecular formula is C13H18FN3OS3. The molecule has 0 saturated carbocycles. The van der Waals surface area contributed by atoms with E-state index in [-0.39, 0.29) is 17.5 Å². The van der Waals surface area contributed by atoms with Gasteiger partial charge in [-0.15, -0.1) is 11.8 Å². The van der Waals surface area contributed by atoms with E-state index in [2.05, 4.69) is 16.2 Å². The lowest BCUT2D eigenvalue weighted by atomic mass is 10.3. The van der Waals surface area contributed by atoms with Crippen molar-refractivity contribution in [3.63, 3.8) is 0 Å². The summed E-state index contributed by atoms with van der Waals surface area (Å²) in [6.07, 6.45) is 3.05. The zero-order chi connectivity index (χ0) is 15.5. The van der Waals surface area contributed by atoms with E-state index >= 15 is 0 Å². The van der Waals surface area contributed by atoms with E-state index in [9.17, 15) is 9.18 Å². The third kappa shape index (κ3) is 8.13. The van der Waals surface area contributed by atoms with Crippen LogP contribution in [0.5, 0.6) is 0 Å². The van der Waals surface area contributed by atoms with Crippen molar-refractivity contribution in [1.29, 1.82) is 0 Å². The van der Waals surface area contributed by atoms with Gasteiger partial charge in [0.05, 0.1) is 5.75 Å². The molecule has 0 heterocycles. The highest BCUT2D eigenvalue weighted by atomic mass is 32.2. The average molecular weight is 348 g/mol. The maximum atomic E-state index is 13.4. The largest absolute Gasteiger partial charge is 0.361 e. The van der Waals surface area contributed by atoms with E-state index in [4.69, 9.17) is 12.2 Å². The van der Waals surface area contributed by atoms with Gasteiger partial charge in [-0.05, 0) is 42.8 Å². The van der Waals surface area contributed by atoms with Crippen LogP contribution >= 0.6 is 35.7 Å². The third-order valence-corrected chi connectivity index (χ3v) is 4.31. The number of carbonyl (C=O) groups is 1. The molecule has 0 spiro atoms. The minimum absolute atomic E-state index is 0.114. The number of hydrogen-bond acceptors (Lipinski definition) is 4. The summed E-state index contributed by atoms with van der Waals surface area (Å²) in [4.78, 5) is 12.1. The Kier molecular flexibility index (Phi) is 9.20. The highest BCUT2D eigenvalue weighted by Gasteiger charge is 2.06. The molecule has 0 aliphatic carbocycles. The fourth-order valence-corrected chi connectivity index (χ4v) is 2.66. The van der Waals surface area contributed by atoms with Crippen molar-refractivity contribution in [2.24, 2.45) is 0 Å². The molecule has 116 valence electrons. The molecule has 0 fully saturated rings. The summed E-state index contributed by atoms with van der Waals surface area (Å²) in [5.74, 6) is 0.579. The predicted octanol–water partition coefficient (Wildman–Crippen LogP) is 2.17. The Balaban J connectivity index is 2.16. The van der Waals surface area contributed by atoms with Crippen LogP contribution in [0.1, 0.15) is 6.42 Å². The van der Waals surface area contributed by atoms with Gasteiger partial charge in [0, 0.05) is 11.4 Å². The van der Waals surface area contributed by atoms with Crippen LogP contribution in [0.15, 0.2) is 29.2 Å². The zero-order valence-electron chi connectivity index (χ0n) is 11.6. The molecule has 0 atom stereocenters. The monoisotopic (exact) mass is 347 g/mol. The van der Waals surface area contributed by atoms with Gasteiger partial charge in [-0.2, -0.15) is 11.8 Å². The molecule has 0 bridgehead atoms. The standard InChI is InChI=1S/C13H18FN3OS3/c1-20-8-4-7-15-13(19)17-16-12(18)9-21-11-6-3-2-5-10(11)14/h2-3,5-6H,4,7-9H2,1H3,(H,16,18)(H2,15,17,19). The zero-order valence-corrected chi connectivity index (χ0v) is 14.1. The Labute approximate surface area is 138 Å². The van der Waals surface area contributed by atoms with Crippen molar-refractivity contribution in [1.82, 2.24) is 16.2 Å². The number of rotatable bonds is 7. The molecule has 0 aliphatic heterocycles. The minimum Gasteiger partial charge on any atom is -0.361 e. The first-order valence-electron chi connectivity index (χ1n) is 6.32. The van der Waals surface area contributed by atoms with Crippen LogP contribution in [0, 0.1) is 5.82 Å². The van der Waals surface area contributed by atoms with E-state index in [0.29, 0.717) is 10.0 Å². The predicted molar refractivity (Wildman–Crippen MR) is 92.0 cm³/mol. The number of thioether (sulfide) groups is 2. The molecular weight excluding hydrogens is 329 g/mol. The Morgan fingerprint density at radius 3 is 2.81 bits per heavy atom. The number of hydrazine groups is 1. The first-order valence-corrected chi connectivity index (χ1v) is 9.11. The Hall–Kier alpha value is -0.990. The van der Waals surface area contributed by atoms with Gasteiger partial charge in [0.1, 0.15) is 5.82 Å². The number of carbonyl (C=O) groups excluding carboxylic acids is 1. The molecule has 1 aromatic carbocycles. The van der Waals surface area contributed by atoms with Gasteiger partial charge in [-0.25, -0.2) is 4.39 Å². The second kappa shape index (κ2) is 10.7. The fourth-order valence-electron chi connectivity index (χ4n) is 1.33. The summed E-state index contributed by atoms with van der Waals surface area (Å²) in [7, 11) is 0. The van der Waals surface area contributed by atoms with Gasteiger partial charge in [0.15, 0.2) is 5.11 Å². The summed E-state index contributed by atoms with van der Waals surface area (Å²) in [5.41, 5.74) is 5.09. The maximum Gasteiger partial charge on any atom is 0.248 e. The smallest absolute Gasteiger partial charge is 0.248 e. The van der Waals surface area contributed by atoms with Crippen LogP contribution in [0.3, 0.4) is 0 Å². The lowest BCUT2D eigenvalue weighted by Gasteiger charge is -2.11. The molecule has 21 heavy (non-hydrogen) atoms. The minimum atomic E-state index is -0.325. The Morgan fingerprint density at radius 2 is 2.10 bits per heavy atom. The van der Waals surface area contributed by atoms with Crippen molar-refractivity contribution in [2.75, 3.05) is 24.3 Å². The van der Waals surface area contributed by atoms with Crippen LogP contribution in [0.4, 0.5) is 4.39 Å². The number of amides is 1. The molecule has 0 aromatic heterocycles. The Morgan fingerprint density at radius 1 is 1.33 bits per heavy atom. The van der Waals surface area contributed by atoms with Crippen LogP contribution in [0.2, 0.25) is 0 Å². The number of thiocarbonyl (C=S) groups is 1. The number of hydrogen-bond donors (Lipinski definition) is 3. The summed E-state index contributed by atoms with van der Waals surface area (Å²) in [6.45, 7) is 0.756. The maximum absolute atomic E-state index is 13.4. The van der Waals surface area contributed by atoms with Crippen molar-refractivity contribution in [3.8, 4) is 0 Å². The summed E-state index contributed by atoms with van der Waals surface area (Å²) in [6, 6.07) is 6.35. The van der Waals surface area contributed by atoms with Crippen LogP contribution in [-0.4, -0.2) is 35.3 Å². The van der Waals surface area contributed by atoms with Gasteiger partial charge < -0.3 is 5.32 Å². The van der Waals surface area contributed by atoms with Crippen molar-refractivity contribution in [3.05, 3.63) is 30.1 Å². The molecule has 0 radical (unpaired) electrons. The summed E-state index contributed by atoms with van der Waals surface area (Å²) >= 11 is 7.92. The molecule has 0 saturated heterocycles. The Bertz CT molecular complexity index is 474. The summed E-state index contributed by atoms with van der Waals surface area (Å²) < 4.78 is 13.4. The topological polar surface area (TPSA) is 53.2 Å². The van der Waals surface area contributed by atoms with Gasteiger partial charge in [0.25, 0.3) is 0 Å². The van der Waals surface area contributed by atoms with Crippen LogP contribution in [0.25, 0.3) is 0 Å². The van der Waals surface area contributed by atoms with Crippen molar-refractivity contribution in [2.45, 2.75) is 11.3 Å². The van der Waals surface area contributed by atoms with E-state index in [0.717, 1.165) is 30.5 Å². The average Bonchev–Trinajstić information content (AvgIpc) is 2.48. The van der Waals surface area contributed by atoms with E-state index < -0.39 is 0 Å². The van der Waals surface area contributed by atoms with Gasteiger partial charge in [-0.3, -0.25) is 15.6 Å². The molecule has 1 amide bonds. The van der Waals surface area contributed by atoms with E-state index in [1.807, 2.05) is 6.26 Å². The summed E-state index contributed by atoms with van der Waals surface area (Å²) in [5, 5.41) is 3.36. The van der Waals surface area contributed by atoms with Gasteiger partial charge in [-0.1, -0.05) is 12.1 Å². The van der Waals surface area contributed by atoms with E-state index in [1.54, 1.807) is 30.0 Å². The fraction of sp³-hybridized carbons (Fsp3) is 0.385. The second-order valence-electron chi connectivity index (χ2n) is 3.99. The first-order chi connectivity index (χ1) is 10.1. The van der Waals surface area contributed by atoms with Crippen molar-refractivity contribution < 1.29 is 9.18 Å². The number of halogens is 1. The molecule has 0 unspecified atom stereocenters. The third-order valence-electron chi connectivity index (χ3n) is 2.32. The number of benzene rings is 1. The van der Waals surface area contributed by atoms with Gasteiger partial charge >= 0.3 is 0 Å². The molecule has 3 N–H and O–H groups in total. The van der Waals surface area contributed by atoms with E-state index in [1.165, 1.54) is 6.07 Å². The van der Waals surface area contributed by atoms with Crippen LogP contribution in [-0.2, 0) is 4.79 Å². The SMILES string of the molecule is CSCCCNC(=S)NNC(=O)CSc1ccccc1F. The molecule has 8 heteroatoms. The highest BCUT2D eigenvalue weighted by molar-refractivity contribution is 8.00. The lowest BCUT2D eigenvalue weighted by Crippen LogP contribution is -2.47. The second-order valence-corrected chi connectivity index (χ2v) is 6.41. The highest BCUT2D eigenvalue weighted by Crippen LogP contribution is 2.20. The lowest BCUT2D eigenvalue weighted by molar-refractivity contribution is -0.119. The number of nitrogens with one attached hydrogen (secondary N) is 3. The van der Waals surface area contributed by atoms with Crippen molar-refractivity contribution >= 4 is 46.8 Å². The first kappa shape index (κ1) is 18.1. The molecule has 0 aliphatic rings. The quantitative estimate of drug-likeness (QED) is 0.304. The van der Waals surface area contributed by atoms with Gasteiger partial charge in [0.2, 0.25) is 5.91 Å². The molecule has 1 rings (SSSR count). The normalized spacial score (nSPS) is 10.0. The molecule has 1 aromatic rings. The molecule has 4 nitrogen and oxygen atoms in total.